The lowest BCUT2D eigenvalue weighted by Gasteiger charge is -2.04. The topological polar surface area (TPSA) is 52.0 Å². The van der Waals surface area contributed by atoms with Gasteiger partial charge in [-0.1, -0.05) is 36.4 Å². The molecule has 2 nitrogen and oxygen atoms in total. The fourth-order valence-corrected chi connectivity index (χ4v) is 1.38. The highest BCUT2D eigenvalue weighted by Crippen LogP contribution is 2.24. The summed E-state index contributed by atoms with van der Waals surface area (Å²) in [5.41, 5.74) is 14.9. The Hall–Kier alpha value is -1.38. The van der Waals surface area contributed by atoms with Gasteiger partial charge in [0, 0.05) is 0 Å². The standard InChI is InChI=1S/C12H12N2.2ClH/c13-11-7-6-10(8-12(11)14)9-4-2-1-3-5-9;;/h1-8H,13-14H2;2*1H. The summed E-state index contributed by atoms with van der Waals surface area (Å²) in [5.74, 6) is 0. The lowest BCUT2D eigenvalue weighted by Crippen LogP contribution is -1.94. The lowest BCUT2D eigenvalue weighted by molar-refractivity contribution is 1.61. The monoisotopic (exact) mass is 256 g/mol. The minimum absolute atomic E-state index is 0. The van der Waals surface area contributed by atoms with Crippen molar-refractivity contribution in [3.8, 4) is 11.1 Å². The number of nitrogens with two attached hydrogens (primary N) is 2. The van der Waals surface area contributed by atoms with E-state index in [0.717, 1.165) is 11.1 Å². The van der Waals surface area contributed by atoms with E-state index in [1.807, 2.05) is 48.5 Å². The first kappa shape index (κ1) is 14.6. The number of rotatable bonds is 1. The van der Waals surface area contributed by atoms with E-state index in [4.69, 9.17) is 11.5 Å². The highest BCUT2D eigenvalue weighted by atomic mass is 35.5. The summed E-state index contributed by atoms with van der Waals surface area (Å²) in [5, 5.41) is 0. The third kappa shape index (κ3) is 3.05. The van der Waals surface area contributed by atoms with Crippen molar-refractivity contribution in [1.82, 2.24) is 0 Å². The molecule has 0 unspecified atom stereocenters. The molecule has 0 radical (unpaired) electrons. The zero-order valence-corrected chi connectivity index (χ0v) is 10.2. The van der Waals surface area contributed by atoms with Crippen LogP contribution in [0.25, 0.3) is 11.1 Å². The molecular weight excluding hydrogens is 243 g/mol. The summed E-state index contributed by atoms with van der Waals surface area (Å²) in [6.07, 6.45) is 0. The Kier molecular flexibility index (Phi) is 5.72. The molecule has 2 aromatic rings. The molecule has 0 aliphatic heterocycles. The van der Waals surface area contributed by atoms with Crippen LogP contribution < -0.4 is 11.5 Å². The van der Waals surface area contributed by atoms with Crippen LogP contribution in [0.1, 0.15) is 0 Å². The van der Waals surface area contributed by atoms with Crippen molar-refractivity contribution in [1.29, 1.82) is 0 Å². The lowest BCUT2D eigenvalue weighted by atomic mass is 10.0. The first-order chi connectivity index (χ1) is 6.77. The van der Waals surface area contributed by atoms with Crippen LogP contribution in [0.4, 0.5) is 11.4 Å². The normalized spacial score (nSPS) is 8.75. The number of halogens is 2. The summed E-state index contributed by atoms with van der Waals surface area (Å²) in [4.78, 5) is 0. The first-order valence-corrected chi connectivity index (χ1v) is 4.48. The second-order valence-corrected chi connectivity index (χ2v) is 3.21. The molecule has 86 valence electrons. The van der Waals surface area contributed by atoms with E-state index in [2.05, 4.69) is 0 Å². The van der Waals surface area contributed by atoms with Crippen molar-refractivity contribution in [2.75, 3.05) is 11.5 Å². The summed E-state index contributed by atoms with van der Waals surface area (Å²) in [6, 6.07) is 15.8. The fraction of sp³-hybridized carbons (Fsp3) is 0. The Balaban J connectivity index is 0.00000112. The molecule has 2 aromatic carbocycles. The SMILES string of the molecule is Cl.Cl.Nc1ccc(-c2ccccc2)cc1N. The van der Waals surface area contributed by atoms with Gasteiger partial charge in [0.25, 0.3) is 0 Å². The zero-order chi connectivity index (χ0) is 9.97. The number of hydrogen-bond acceptors (Lipinski definition) is 2. The van der Waals surface area contributed by atoms with Gasteiger partial charge < -0.3 is 11.5 Å². The van der Waals surface area contributed by atoms with E-state index in [1.165, 1.54) is 0 Å². The van der Waals surface area contributed by atoms with E-state index < -0.39 is 0 Å². The van der Waals surface area contributed by atoms with Crippen molar-refractivity contribution in [2.45, 2.75) is 0 Å². The minimum Gasteiger partial charge on any atom is -0.397 e. The number of anilines is 2. The van der Waals surface area contributed by atoms with Gasteiger partial charge in [-0.25, -0.2) is 0 Å². The van der Waals surface area contributed by atoms with Crippen molar-refractivity contribution >= 4 is 36.2 Å². The molecular formula is C12H14Cl2N2. The minimum atomic E-state index is 0. The molecule has 4 N–H and O–H groups in total. The Morgan fingerprint density at radius 3 is 1.81 bits per heavy atom. The van der Waals surface area contributed by atoms with Crippen molar-refractivity contribution in [2.24, 2.45) is 0 Å². The molecule has 0 spiro atoms. The summed E-state index contributed by atoms with van der Waals surface area (Å²) >= 11 is 0. The van der Waals surface area contributed by atoms with Crippen molar-refractivity contribution in [3.63, 3.8) is 0 Å². The van der Waals surface area contributed by atoms with Crippen LogP contribution in [0.3, 0.4) is 0 Å². The van der Waals surface area contributed by atoms with Crippen LogP contribution in [-0.2, 0) is 0 Å². The van der Waals surface area contributed by atoms with Gasteiger partial charge in [-0.2, -0.15) is 0 Å². The molecule has 2 rings (SSSR count). The smallest absolute Gasteiger partial charge is 0.0554 e. The number of benzene rings is 2. The molecule has 0 saturated heterocycles. The van der Waals surface area contributed by atoms with E-state index in [1.54, 1.807) is 0 Å². The summed E-state index contributed by atoms with van der Waals surface area (Å²) < 4.78 is 0. The largest absolute Gasteiger partial charge is 0.397 e. The van der Waals surface area contributed by atoms with Gasteiger partial charge >= 0.3 is 0 Å². The molecule has 0 fully saturated rings. The maximum Gasteiger partial charge on any atom is 0.0554 e. The average molecular weight is 257 g/mol. The van der Waals surface area contributed by atoms with Gasteiger partial charge in [-0.05, 0) is 23.3 Å². The van der Waals surface area contributed by atoms with Crippen LogP contribution in [0.2, 0.25) is 0 Å². The van der Waals surface area contributed by atoms with Crippen LogP contribution >= 0.6 is 24.8 Å². The van der Waals surface area contributed by atoms with Crippen molar-refractivity contribution < 1.29 is 0 Å². The van der Waals surface area contributed by atoms with E-state index >= 15 is 0 Å². The Bertz CT molecular complexity index is 444. The maximum absolute atomic E-state index is 5.73. The van der Waals surface area contributed by atoms with E-state index in [0.29, 0.717) is 11.4 Å². The second kappa shape index (κ2) is 6.26. The first-order valence-electron chi connectivity index (χ1n) is 4.48. The van der Waals surface area contributed by atoms with E-state index in [9.17, 15) is 0 Å². The van der Waals surface area contributed by atoms with Crippen LogP contribution in [0.15, 0.2) is 48.5 Å². The zero-order valence-electron chi connectivity index (χ0n) is 8.59. The molecule has 0 atom stereocenters. The molecule has 0 amide bonds. The van der Waals surface area contributed by atoms with Gasteiger partial charge in [-0.3, -0.25) is 0 Å². The van der Waals surface area contributed by atoms with Gasteiger partial charge in [0.15, 0.2) is 0 Å². The predicted molar refractivity (Wildman–Crippen MR) is 75.2 cm³/mol. The molecule has 0 aliphatic carbocycles. The third-order valence-corrected chi connectivity index (χ3v) is 2.19. The molecule has 16 heavy (non-hydrogen) atoms. The summed E-state index contributed by atoms with van der Waals surface area (Å²) in [6.45, 7) is 0. The van der Waals surface area contributed by atoms with Crippen LogP contribution in [-0.4, -0.2) is 0 Å². The second-order valence-electron chi connectivity index (χ2n) is 3.21. The number of nitrogen functional groups attached to an aromatic ring is 2. The molecule has 0 saturated carbocycles. The fourth-order valence-electron chi connectivity index (χ4n) is 1.38. The molecule has 0 heterocycles. The van der Waals surface area contributed by atoms with Crippen LogP contribution in [0, 0.1) is 0 Å². The Labute approximate surface area is 107 Å². The molecule has 4 heteroatoms. The Morgan fingerprint density at radius 1 is 0.625 bits per heavy atom. The van der Waals surface area contributed by atoms with Gasteiger partial charge in [0.2, 0.25) is 0 Å². The molecule has 0 bridgehead atoms. The quantitative estimate of drug-likeness (QED) is 0.769. The molecule has 0 aromatic heterocycles. The highest BCUT2D eigenvalue weighted by Gasteiger charge is 1.98. The maximum atomic E-state index is 5.73. The highest BCUT2D eigenvalue weighted by molar-refractivity contribution is 5.85. The van der Waals surface area contributed by atoms with Crippen molar-refractivity contribution in [3.05, 3.63) is 48.5 Å². The van der Waals surface area contributed by atoms with E-state index in [-0.39, 0.29) is 24.8 Å². The average Bonchev–Trinajstić information content (AvgIpc) is 2.23. The van der Waals surface area contributed by atoms with Gasteiger partial charge in [0.1, 0.15) is 0 Å². The summed E-state index contributed by atoms with van der Waals surface area (Å²) in [7, 11) is 0. The molecule has 0 aliphatic rings. The van der Waals surface area contributed by atoms with Crippen LogP contribution in [0.5, 0.6) is 0 Å². The van der Waals surface area contributed by atoms with Gasteiger partial charge in [-0.15, -0.1) is 24.8 Å². The number of hydrogen-bond donors (Lipinski definition) is 2. The van der Waals surface area contributed by atoms with Gasteiger partial charge in [0.05, 0.1) is 11.4 Å². The Morgan fingerprint density at radius 2 is 1.25 bits per heavy atom. The predicted octanol–water partition coefficient (Wildman–Crippen LogP) is 3.36. The third-order valence-electron chi connectivity index (χ3n) is 2.19.